The summed E-state index contributed by atoms with van der Waals surface area (Å²) in [4.78, 5) is 17.4. The molecule has 0 aromatic carbocycles. The largest absolute Gasteiger partial charge is 0.477 e. The maximum Gasteiger partial charge on any atom is 0.346 e. The fourth-order valence-electron chi connectivity index (χ4n) is 0.560. The molecule has 0 unspecified atom stereocenters. The number of aliphatic carboxylic acids is 1. The van der Waals surface area contributed by atoms with Gasteiger partial charge in [-0.2, -0.15) is 0 Å². The zero-order valence-corrected chi connectivity index (χ0v) is 5.64. The van der Waals surface area contributed by atoms with E-state index in [9.17, 15) is 4.79 Å². The summed E-state index contributed by atoms with van der Waals surface area (Å²) in [6.07, 6.45) is 3.94. The number of nitrogens with zero attached hydrogens (tertiary/aromatic N) is 2. The first-order valence-corrected chi connectivity index (χ1v) is 2.96. The van der Waals surface area contributed by atoms with Crippen molar-refractivity contribution < 1.29 is 9.90 Å². The van der Waals surface area contributed by atoms with Crippen molar-refractivity contribution >= 4 is 17.9 Å². The maximum absolute atomic E-state index is 10.0. The summed E-state index contributed by atoms with van der Waals surface area (Å²) in [5.74, 6) is -1.05. The molecule has 0 aliphatic rings. The van der Waals surface area contributed by atoms with Crippen molar-refractivity contribution in [2.24, 2.45) is 4.99 Å². The van der Waals surface area contributed by atoms with Gasteiger partial charge in [-0.25, -0.2) is 9.79 Å². The number of carboxylic acids is 1. The molecule has 0 saturated heterocycles. The molecule has 0 fully saturated rings. The van der Waals surface area contributed by atoms with Crippen LogP contribution in [0.4, 0.5) is 5.69 Å². The van der Waals surface area contributed by atoms with Crippen molar-refractivity contribution in [3.05, 3.63) is 24.5 Å². The minimum absolute atomic E-state index is 0.586. The smallest absolute Gasteiger partial charge is 0.346 e. The molecule has 11 heavy (non-hydrogen) atoms. The van der Waals surface area contributed by atoms with Gasteiger partial charge in [-0.05, 0) is 12.1 Å². The summed E-state index contributed by atoms with van der Waals surface area (Å²) in [5.41, 5.74) is 0.586. The van der Waals surface area contributed by atoms with Crippen molar-refractivity contribution in [3.63, 3.8) is 0 Å². The molecule has 4 heteroatoms. The number of carbonyl (C=O) groups is 1. The molecule has 1 N–H and O–H groups in total. The van der Waals surface area contributed by atoms with E-state index in [1.165, 1.54) is 0 Å². The molecule has 0 atom stereocenters. The zero-order chi connectivity index (χ0) is 8.10. The third kappa shape index (κ3) is 2.57. The monoisotopic (exact) mass is 150 g/mol. The van der Waals surface area contributed by atoms with Gasteiger partial charge in [0.1, 0.15) is 6.21 Å². The van der Waals surface area contributed by atoms with Gasteiger partial charge < -0.3 is 5.11 Å². The quantitative estimate of drug-likeness (QED) is 0.636. The molecule has 0 spiro atoms. The molecule has 1 heterocycles. The first-order valence-electron chi connectivity index (χ1n) is 2.96. The van der Waals surface area contributed by atoms with Gasteiger partial charge in [0.25, 0.3) is 0 Å². The van der Waals surface area contributed by atoms with E-state index in [2.05, 4.69) is 9.98 Å². The highest BCUT2D eigenvalue weighted by Gasteiger charge is 1.87. The predicted molar refractivity (Wildman–Crippen MR) is 40.0 cm³/mol. The number of hydrogen-bond acceptors (Lipinski definition) is 3. The Labute approximate surface area is 63.2 Å². The maximum atomic E-state index is 10.0. The highest BCUT2D eigenvalue weighted by molar-refractivity contribution is 6.22. The first-order chi connectivity index (χ1) is 5.29. The van der Waals surface area contributed by atoms with Gasteiger partial charge in [0.05, 0.1) is 5.69 Å². The first kappa shape index (κ1) is 7.40. The Balaban J connectivity index is 2.72. The van der Waals surface area contributed by atoms with E-state index in [1.54, 1.807) is 24.5 Å². The summed E-state index contributed by atoms with van der Waals surface area (Å²) in [7, 11) is 0. The van der Waals surface area contributed by atoms with E-state index in [0.29, 0.717) is 5.69 Å². The van der Waals surface area contributed by atoms with Crippen LogP contribution in [0.5, 0.6) is 0 Å². The fourth-order valence-corrected chi connectivity index (χ4v) is 0.560. The van der Waals surface area contributed by atoms with Gasteiger partial charge in [0.15, 0.2) is 0 Å². The minimum atomic E-state index is -1.05. The number of aromatic nitrogens is 1. The van der Waals surface area contributed by atoms with Crippen LogP contribution in [0.15, 0.2) is 29.5 Å². The average Bonchev–Trinajstić information content (AvgIpc) is 2.03. The SMILES string of the molecule is O=C(O)C=Nc1ccncc1. The Hall–Kier alpha value is -1.71. The van der Waals surface area contributed by atoms with Crippen molar-refractivity contribution in [1.82, 2.24) is 4.98 Å². The van der Waals surface area contributed by atoms with Crippen LogP contribution in [-0.2, 0) is 4.79 Å². The normalized spacial score (nSPS) is 10.2. The van der Waals surface area contributed by atoms with Gasteiger partial charge in [0, 0.05) is 12.4 Å². The van der Waals surface area contributed by atoms with Crippen LogP contribution in [-0.4, -0.2) is 22.3 Å². The molecule has 56 valence electrons. The van der Waals surface area contributed by atoms with Gasteiger partial charge in [-0.3, -0.25) is 4.98 Å². The summed E-state index contributed by atoms with van der Waals surface area (Å²) < 4.78 is 0. The molecule has 0 aliphatic heterocycles. The second kappa shape index (κ2) is 3.46. The number of rotatable bonds is 2. The van der Waals surface area contributed by atoms with Gasteiger partial charge in [0.2, 0.25) is 0 Å². The van der Waals surface area contributed by atoms with E-state index >= 15 is 0 Å². The highest BCUT2D eigenvalue weighted by Crippen LogP contribution is 2.06. The van der Waals surface area contributed by atoms with Crippen molar-refractivity contribution in [2.45, 2.75) is 0 Å². The molecule has 1 aromatic heterocycles. The number of aliphatic imine (C=N–C) groups is 1. The summed E-state index contributed by atoms with van der Waals surface area (Å²) in [6.45, 7) is 0. The minimum Gasteiger partial charge on any atom is -0.477 e. The lowest BCUT2D eigenvalue weighted by Gasteiger charge is -1.87. The summed E-state index contributed by atoms with van der Waals surface area (Å²) in [5, 5.41) is 8.21. The van der Waals surface area contributed by atoms with Gasteiger partial charge >= 0.3 is 5.97 Å². The van der Waals surface area contributed by atoms with Crippen molar-refractivity contribution in [3.8, 4) is 0 Å². The molecule has 0 bridgehead atoms. The van der Waals surface area contributed by atoms with Crippen LogP contribution in [0.1, 0.15) is 0 Å². The number of pyridine rings is 1. The molecule has 0 saturated carbocycles. The highest BCUT2D eigenvalue weighted by atomic mass is 16.4. The lowest BCUT2D eigenvalue weighted by Crippen LogP contribution is -1.93. The van der Waals surface area contributed by atoms with Gasteiger partial charge in [-0.1, -0.05) is 0 Å². The van der Waals surface area contributed by atoms with Crippen LogP contribution in [0.25, 0.3) is 0 Å². The molecule has 1 aromatic rings. The van der Waals surface area contributed by atoms with Crippen LogP contribution >= 0.6 is 0 Å². The topological polar surface area (TPSA) is 62.5 Å². The van der Waals surface area contributed by atoms with Crippen LogP contribution in [0, 0.1) is 0 Å². The Morgan fingerprint density at radius 1 is 1.55 bits per heavy atom. The molecule has 0 amide bonds. The Bertz CT molecular complexity index is 269. The lowest BCUT2D eigenvalue weighted by atomic mass is 10.4. The van der Waals surface area contributed by atoms with Crippen LogP contribution < -0.4 is 0 Å². The van der Waals surface area contributed by atoms with E-state index in [-0.39, 0.29) is 0 Å². The average molecular weight is 150 g/mol. The predicted octanol–water partition coefficient (Wildman–Crippen LogP) is 0.868. The zero-order valence-electron chi connectivity index (χ0n) is 5.64. The lowest BCUT2D eigenvalue weighted by molar-refractivity contribution is -0.128. The number of hydrogen-bond donors (Lipinski definition) is 1. The van der Waals surface area contributed by atoms with Crippen molar-refractivity contribution in [2.75, 3.05) is 0 Å². The van der Waals surface area contributed by atoms with Crippen LogP contribution in [0.2, 0.25) is 0 Å². The van der Waals surface area contributed by atoms with Gasteiger partial charge in [-0.15, -0.1) is 0 Å². The van der Waals surface area contributed by atoms with E-state index in [4.69, 9.17) is 5.11 Å². The Kier molecular flexibility index (Phi) is 2.32. The molecule has 0 radical (unpaired) electrons. The Morgan fingerprint density at radius 3 is 2.73 bits per heavy atom. The van der Waals surface area contributed by atoms with E-state index in [0.717, 1.165) is 6.21 Å². The molecular formula is C7H6N2O2. The number of carboxylic acid groups (broad SMARTS) is 1. The molecular weight excluding hydrogens is 144 g/mol. The Morgan fingerprint density at radius 2 is 2.18 bits per heavy atom. The van der Waals surface area contributed by atoms with Crippen molar-refractivity contribution in [1.29, 1.82) is 0 Å². The molecule has 4 nitrogen and oxygen atoms in total. The molecule has 1 rings (SSSR count). The fraction of sp³-hybridized carbons (Fsp3) is 0. The third-order valence-electron chi connectivity index (χ3n) is 0.987. The summed E-state index contributed by atoms with van der Waals surface area (Å²) in [6, 6.07) is 3.25. The second-order valence-electron chi connectivity index (χ2n) is 1.80. The van der Waals surface area contributed by atoms with E-state index in [1.807, 2.05) is 0 Å². The van der Waals surface area contributed by atoms with Crippen LogP contribution in [0.3, 0.4) is 0 Å². The van der Waals surface area contributed by atoms with E-state index < -0.39 is 5.97 Å². The second-order valence-corrected chi connectivity index (χ2v) is 1.80. The summed E-state index contributed by atoms with van der Waals surface area (Å²) >= 11 is 0. The molecule has 0 aliphatic carbocycles. The standard InChI is InChI=1S/C7H6N2O2/c10-7(11)5-9-6-1-3-8-4-2-6/h1-5H,(H,10,11). The third-order valence-corrected chi connectivity index (χ3v) is 0.987.